The average Bonchev–Trinajstić information content (AvgIpc) is 2.60. The topological polar surface area (TPSA) is 63.5 Å². The summed E-state index contributed by atoms with van der Waals surface area (Å²) in [5.74, 6) is 0. The van der Waals surface area contributed by atoms with E-state index in [1.807, 2.05) is 24.4 Å². The van der Waals surface area contributed by atoms with Gasteiger partial charge in [0, 0.05) is 11.8 Å². The van der Waals surface area contributed by atoms with Gasteiger partial charge in [-0.15, -0.1) is 0 Å². The van der Waals surface area contributed by atoms with Gasteiger partial charge in [-0.1, -0.05) is 6.07 Å². The van der Waals surface area contributed by atoms with E-state index in [0.29, 0.717) is 0 Å². The first kappa shape index (κ1) is 8.22. The van der Waals surface area contributed by atoms with Gasteiger partial charge in [-0.25, -0.2) is 4.52 Å². The van der Waals surface area contributed by atoms with Crippen molar-refractivity contribution in [1.82, 2.24) is 9.61 Å². The van der Waals surface area contributed by atoms with Gasteiger partial charge in [0.15, 0.2) is 0 Å². The van der Waals surface area contributed by atoms with Gasteiger partial charge in [0.2, 0.25) is 0 Å². The zero-order chi connectivity index (χ0) is 9.26. The van der Waals surface area contributed by atoms with Crippen molar-refractivity contribution in [3.63, 3.8) is 0 Å². The van der Waals surface area contributed by atoms with Gasteiger partial charge in [-0.2, -0.15) is 5.10 Å². The fourth-order valence-corrected chi connectivity index (χ4v) is 1.34. The molecule has 4 nitrogen and oxygen atoms in total. The minimum absolute atomic E-state index is 0.0593. The van der Waals surface area contributed by atoms with Crippen molar-refractivity contribution in [2.45, 2.75) is 6.04 Å². The first-order valence-electron chi connectivity index (χ1n) is 4.11. The van der Waals surface area contributed by atoms with Gasteiger partial charge < -0.3 is 10.8 Å². The Bertz CT molecular complexity index is 410. The van der Waals surface area contributed by atoms with Crippen LogP contribution in [0.15, 0.2) is 30.6 Å². The van der Waals surface area contributed by atoms with Crippen molar-refractivity contribution in [3.8, 4) is 0 Å². The number of aromatic nitrogens is 2. The first-order valence-corrected chi connectivity index (χ1v) is 4.11. The van der Waals surface area contributed by atoms with Crippen LogP contribution in [0.3, 0.4) is 0 Å². The van der Waals surface area contributed by atoms with E-state index in [4.69, 9.17) is 10.8 Å². The molecule has 2 aromatic heterocycles. The van der Waals surface area contributed by atoms with Gasteiger partial charge in [-0.3, -0.25) is 0 Å². The third kappa shape index (κ3) is 1.30. The van der Waals surface area contributed by atoms with Gasteiger partial charge in [0.1, 0.15) is 0 Å². The Morgan fingerprint density at radius 2 is 2.38 bits per heavy atom. The van der Waals surface area contributed by atoms with Crippen LogP contribution in [0.1, 0.15) is 11.6 Å². The quantitative estimate of drug-likeness (QED) is 0.694. The second kappa shape index (κ2) is 3.16. The third-order valence-electron chi connectivity index (χ3n) is 2.05. The van der Waals surface area contributed by atoms with E-state index in [1.165, 1.54) is 0 Å². The highest BCUT2D eigenvalue weighted by atomic mass is 16.3. The number of nitrogens with two attached hydrogens (primary N) is 1. The number of aliphatic hydroxyl groups excluding tert-OH is 1. The van der Waals surface area contributed by atoms with Crippen molar-refractivity contribution in [2.75, 3.05) is 6.61 Å². The lowest BCUT2D eigenvalue weighted by molar-refractivity contribution is 0.268. The van der Waals surface area contributed by atoms with Crippen LogP contribution in [-0.4, -0.2) is 21.3 Å². The van der Waals surface area contributed by atoms with Crippen LogP contribution in [0.5, 0.6) is 0 Å². The van der Waals surface area contributed by atoms with Crippen LogP contribution in [0.2, 0.25) is 0 Å². The summed E-state index contributed by atoms with van der Waals surface area (Å²) < 4.78 is 1.74. The lowest BCUT2D eigenvalue weighted by Crippen LogP contribution is -2.13. The molecule has 0 aliphatic heterocycles. The highest BCUT2D eigenvalue weighted by molar-refractivity contribution is 5.54. The molecule has 13 heavy (non-hydrogen) atoms. The van der Waals surface area contributed by atoms with Gasteiger partial charge in [0.25, 0.3) is 0 Å². The summed E-state index contributed by atoms with van der Waals surface area (Å²) in [4.78, 5) is 0. The Kier molecular flexibility index (Phi) is 2.00. The maximum atomic E-state index is 8.90. The standard InChI is InChI=1S/C9H11N3O/c10-8(6-13)7-5-11-12-4-2-1-3-9(7)12/h1-5,8,13H,6,10H2/t8-/m1/s1. The molecule has 2 heterocycles. The molecule has 3 N–H and O–H groups in total. The summed E-state index contributed by atoms with van der Waals surface area (Å²) >= 11 is 0. The number of aliphatic hydroxyl groups is 1. The predicted molar refractivity (Wildman–Crippen MR) is 49.2 cm³/mol. The van der Waals surface area contributed by atoms with E-state index in [-0.39, 0.29) is 12.6 Å². The molecule has 0 radical (unpaired) electrons. The lowest BCUT2D eigenvalue weighted by atomic mass is 10.1. The van der Waals surface area contributed by atoms with E-state index < -0.39 is 0 Å². The highest BCUT2D eigenvalue weighted by Gasteiger charge is 2.09. The molecular weight excluding hydrogens is 166 g/mol. The predicted octanol–water partition coefficient (Wildman–Crippen LogP) is 0.326. The fourth-order valence-electron chi connectivity index (χ4n) is 1.34. The molecule has 0 saturated carbocycles. The second-order valence-corrected chi connectivity index (χ2v) is 2.92. The molecule has 68 valence electrons. The van der Waals surface area contributed by atoms with Crippen LogP contribution in [0, 0.1) is 0 Å². The van der Waals surface area contributed by atoms with Crippen molar-refractivity contribution in [2.24, 2.45) is 5.73 Å². The number of fused-ring (bicyclic) bond motifs is 1. The smallest absolute Gasteiger partial charge is 0.0710 e. The fraction of sp³-hybridized carbons (Fsp3) is 0.222. The number of hydrogen-bond donors (Lipinski definition) is 2. The molecule has 0 aromatic carbocycles. The Labute approximate surface area is 75.6 Å². The van der Waals surface area contributed by atoms with Crippen molar-refractivity contribution in [3.05, 3.63) is 36.2 Å². The Hall–Kier alpha value is -1.39. The monoisotopic (exact) mass is 177 g/mol. The number of hydrogen-bond acceptors (Lipinski definition) is 3. The molecule has 0 amide bonds. The molecule has 0 spiro atoms. The van der Waals surface area contributed by atoms with Gasteiger partial charge in [0.05, 0.1) is 24.4 Å². The minimum atomic E-state index is -0.347. The first-order chi connectivity index (χ1) is 6.33. The molecule has 2 aromatic rings. The van der Waals surface area contributed by atoms with Crippen LogP contribution in [0.25, 0.3) is 5.52 Å². The van der Waals surface area contributed by atoms with Gasteiger partial charge >= 0.3 is 0 Å². The molecule has 1 atom stereocenters. The zero-order valence-corrected chi connectivity index (χ0v) is 7.09. The number of nitrogens with zero attached hydrogens (tertiary/aromatic N) is 2. The Morgan fingerprint density at radius 1 is 1.54 bits per heavy atom. The Balaban J connectivity index is 2.57. The lowest BCUT2D eigenvalue weighted by Gasteiger charge is -2.04. The van der Waals surface area contributed by atoms with E-state index in [1.54, 1.807) is 10.7 Å². The van der Waals surface area contributed by atoms with E-state index in [2.05, 4.69) is 5.10 Å². The highest BCUT2D eigenvalue weighted by Crippen LogP contribution is 2.15. The van der Waals surface area contributed by atoms with Crippen LogP contribution in [-0.2, 0) is 0 Å². The summed E-state index contributed by atoms with van der Waals surface area (Å²) in [5, 5.41) is 13.0. The largest absolute Gasteiger partial charge is 0.394 e. The number of pyridine rings is 1. The molecule has 0 saturated heterocycles. The molecule has 0 fully saturated rings. The molecule has 0 unspecified atom stereocenters. The number of rotatable bonds is 2. The summed E-state index contributed by atoms with van der Waals surface area (Å²) in [5.41, 5.74) is 7.53. The average molecular weight is 177 g/mol. The SMILES string of the molecule is N[C@H](CO)c1cnn2ccccc12. The summed E-state index contributed by atoms with van der Waals surface area (Å²) in [6, 6.07) is 5.40. The summed E-state index contributed by atoms with van der Waals surface area (Å²) in [7, 11) is 0. The zero-order valence-electron chi connectivity index (χ0n) is 7.09. The molecular formula is C9H11N3O. The van der Waals surface area contributed by atoms with E-state index >= 15 is 0 Å². The molecule has 4 heteroatoms. The Morgan fingerprint density at radius 3 is 3.15 bits per heavy atom. The van der Waals surface area contributed by atoms with Gasteiger partial charge in [-0.05, 0) is 12.1 Å². The molecule has 0 bridgehead atoms. The van der Waals surface area contributed by atoms with Crippen LogP contribution >= 0.6 is 0 Å². The van der Waals surface area contributed by atoms with E-state index in [0.717, 1.165) is 11.1 Å². The second-order valence-electron chi connectivity index (χ2n) is 2.92. The van der Waals surface area contributed by atoms with Crippen molar-refractivity contribution < 1.29 is 5.11 Å². The van der Waals surface area contributed by atoms with Crippen molar-refractivity contribution >= 4 is 5.52 Å². The molecule has 2 rings (SSSR count). The van der Waals surface area contributed by atoms with Crippen LogP contribution in [0.4, 0.5) is 0 Å². The third-order valence-corrected chi connectivity index (χ3v) is 2.05. The summed E-state index contributed by atoms with van der Waals surface area (Å²) in [6.45, 7) is -0.0593. The maximum absolute atomic E-state index is 8.90. The maximum Gasteiger partial charge on any atom is 0.0710 e. The van der Waals surface area contributed by atoms with E-state index in [9.17, 15) is 0 Å². The summed E-state index contributed by atoms with van der Waals surface area (Å²) in [6.07, 6.45) is 3.54. The molecule has 0 aliphatic rings. The van der Waals surface area contributed by atoms with Crippen molar-refractivity contribution in [1.29, 1.82) is 0 Å². The molecule has 0 aliphatic carbocycles. The van der Waals surface area contributed by atoms with Crippen LogP contribution < -0.4 is 5.73 Å². The minimum Gasteiger partial charge on any atom is -0.394 e. The normalized spacial score (nSPS) is 13.4.